The van der Waals surface area contributed by atoms with Gasteiger partial charge in [-0.1, -0.05) is 20.8 Å². The van der Waals surface area contributed by atoms with Gasteiger partial charge in [0.1, 0.15) is 0 Å². The maximum absolute atomic E-state index is 11.7. The number of hydrogen-bond acceptors (Lipinski definition) is 8. The van der Waals surface area contributed by atoms with Crippen LogP contribution in [0.25, 0.3) is 0 Å². The fourth-order valence-corrected chi connectivity index (χ4v) is 2.12. The van der Waals surface area contributed by atoms with Crippen molar-refractivity contribution in [1.29, 1.82) is 0 Å². The van der Waals surface area contributed by atoms with Crippen molar-refractivity contribution >= 4 is 17.9 Å². The molecule has 0 aromatic rings. The summed E-state index contributed by atoms with van der Waals surface area (Å²) in [5.41, 5.74) is 0. The van der Waals surface area contributed by atoms with Gasteiger partial charge in [0.2, 0.25) is 0 Å². The van der Waals surface area contributed by atoms with Gasteiger partial charge >= 0.3 is 17.9 Å². The number of ether oxygens (including phenoxy) is 4. The van der Waals surface area contributed by atoms with Crippen molar-refractivity contribution in [2.75, 3.05) is 0 Å². The molecule has 1 heterocycles. The Kier molecular flexibility index (Phi) is 7.44. The number of carbonyl (C=O) groups is 3. The van der Waals surface area contributed by atoms with Crippen LogP contribution in [0.3, 0.4) is 0 Å². The molecule has 8 heteroatoms. The molecule has 1 aliphatic rings. The molecule has 0 aromatic heterocycles. The molecule has 1 N–H and O–H groups in total. The van der Waals surface area contributed by atoms with E-state index in [1.54, 1.807) is 27.7 Å². The van der Waals surface area contributed by atoms with E-state index in [-0.39, 0.29) is 19.3 Å². The fraction of sp³-hybridized carbons (Fsp3) is 0.800. The Labute approximate surface area is 135 Å². The molecular formula is C15H24O8. The van der Waals surface area contributed by atoms with Crippen molar-refractivity contribution in [3.8, 4) is 0 Å². The Hall–Kier alpha value is -1.67. The van der Waals surface area contributed by atoms with E-state index in [4.69, 9.17) is 18.9 Å². The van der Waals surface area contributed by atoms with E-state index in [0.717, 1.165) is 0 Å². The Morgan fingerprint density at radius 2 is 1.22 bits per heavy atom. The number of esters is 3. The molecule has 1 aliphatic heterocycles. The lowest BCUT2D eigenvalue weighted by Crippen LogP contribution is -2.60. The summed E-state index contributed by atoms with van der Waals surface area (Å²) in [4.78, 5) is 34.8. The summed E-state index contributed by atoms with van der Waals surface area (Å²) in [5, 5.41) is 10.0. The van der Waals surface area contributed by atoms with Gasteiger partial charge in [0, 0.05) is 19.3 Å². The lowest BCUT2D eigenvalue weighted by molar-refractivity contribution is -0.289. The molecule has 0 aliphatic carbocycles. The van der Waals surface area contributed by atoms with E-state index < -0.39 is 48.6 Å². The van der Waals surface area contributed by atoms with Gasteiger partial charge in [0.25, 0.3) is 0 Å². The lowest BCUT2D eigenvalue weighted by atomic mass is 9.99. The van der Waals surface area contributed by atoms with E-state index in [9.17, 15) is 19.5 Å². The average molecular weight is 332 g/mol. The summed E-state index contributed by atoms with van der Waals surface area (Å²) in [5.74, 6) is -1.67. The predicted molar refractivity (Wildman–Crippen MR) is 77.1 cm³/mol. The summed E-state index contributed by atoms with van der Waals surface area (Å²) in [7, 11) is 0. The molecule has 0 spiro atoms. The van der Waals surface area contributed by atoms with Crippen LogP contribution in [0.15, 0.2) is 0 Å². The van der Waals surface area contributed by atoms with Gasteiger partial charge in [-0.15, -0.1) is 0 Å². The molecule has 132 valence electrons. The second-order valence-electron chi connectivity index (χ2n) is 5.16. The van der Waals surface area contributed by atoms with Crippen molar-refractivity contribution in [1.82, 2.24) is 0 Å². The lowest BCUT2D eigenvalue weighted by Gasteiger charge is -2.42. The van der Waals surface area contributed by atoms with Crippen LogP contribution in [0.5, 0.6) is 0 Å². The largest absolute Gasteiger partial charge is 0.455 e. The van der Waals surface area contributed by atoms with Gasteiger partial charge in [0.05, 0.1) is 6.10 Å². The third kappa shape index (κ3) is 5.18. The Morgan fingerprint density at radius 1 is 0.826 bits per heavy atom. The molecule has 0 bridgehead atoms. The molecule has 5 atom stereocenters. The van der Waals surface area contributed by atoms with Crippen LogP contribution in [-0.4, -0.2) is 53.7 Å². The molecule has 1 rings (SSSR count). The highest BCUT2D eigenvalue weighted by Crippen LogP contribution is 2.28. The highest BCUT2D eigenvalue weighted by molar-refractivity contribution is 5.71. The second kappa shape index (κ2) is 8.83. The normalized spacial score (nSPS) is 30.4. The standard InChI is InChI=1S/C15H24O8/c1-5-9(16)21-12-8(4)20-15(19)14(23-11(18)7-3)13(12)22-10(17)6-2/h8,12-15,19H,5-7H2,1-4H3/t8-,12+,13+,14-,15-/m0/s1. The smallest absolute Gasteiger partial charge is 0.306 e. The SMILES string of the molecule is CCC(=O)O[C@@H]1[C@H](OC(=O)CC)[C@H](C)O[C@H](O)[C@H]1OC(=O)CC. The minimum absolute atomic E-state index is 0.0760. The molecule has 1 fully saturated rings. The molecule has 0 unspecified atom stereocenters. The Bertz CT molecular complexity index is 405. The van der Waals surface area contributed by atoms with Gasteiger partial charge in [-0.05, 0) is 6.92 Å². The summed E-state index contributed by atoms with van der Waals surface area (Å²) < 4.78 is 20.9. The predicted octanol–water partition coefficient (Wildman–Crippen LogP) is 0.689. The first-order valence-electron chi connectivity index (χ1n) is 7.75. The summed E-state index contributed by atoms with van der Waals surface area (Å²) in [6, 6.07) is 0. The number of rotatable bonds is 6. The van der Waals surface area contributed by atoms with Crippen LogP contribution < -0.4 is 0 Å². The molecule has 0 aromatic carbocycles. The zero-order chi connectivity index (χ0) is 17.6. The van der Waals surface area contributed by atoms with Gasteiger partial charge < -0.3 is 24.1 Å². The van der Waals surface area contributed by atoms with Gasteiger partial charge in [-0.2, -0.15) is 0 Å². The van der Waals surface area contributed by atoms with Crippen molar-refractivity contribution in [2.24, 2.45) is 0 Å². The molecule has 0 radical (unpaired) electrons. The molecule has 23 heavy (non-hydrogen) atoms. The highest BCUT2D eigenvalue weighted by Gasteiger charge is 2.50. The van der Waals surface area contributed by atoms with Crippen molar-refractivity contribution in [3.05, 3.63) is 0 Å². The Morgan fingerprint density at radius 3 is 1.65 bits per heavy atom. The molecule has 0 saturated carbocycles. The molecular weight excluding hydrogens is 308 g/mol. The fourth-order valence-electron chi connectivity index (χ4n) is 2.12. The van der Waals surface area contributed by atoms with Crippen LogP contribution in [0.2, 0.25) is 0 Å². The zero-order valence-electron chi connectivity index (χ0n) is 13.8. The van der Waals surface area contributed by atoms with Gasteiger partial charge in [-0.3, -0.25) is 14.4 Å². The summed E-state index contributed by atoms with van der Waals surface area (Å²) in [6.07, 6.45) is -5.29. The topological polar surface area (TPSA) is 108 Å². The van der Waals surface area contributed by atoms with Crippen LogP contribution in [-0.2, 0) is 33.3 Å². The number of aliphatic hydroxyl groups is 1. The minimum Gasteiger partial charge on any atom is -0.455 e. The van der Waals surface area contributed by atoms with Crippen LogP contribution in [0.1, 0.15) is 47.0 Å². The molecule has 0 amide bonds. The van der Waals surface area contributed by atoms with E-state index in [2.05, 4.69) is 0 Å². The van der Waals surface area contributed by atoms with Crippen LogP contribution in [0, 0.1) is 0 Å². The first kappa shape index (κ1) is 19.4. The van der Waals surface area contributed by atoms with E-state index in [1.807, 2.05) is 0 Å². The van der Waals surface area contributed by atoms with Crippen molar-refractivity contribution in [3.63, 3.8) is 0 Å². The third-order valence-corrected chi connectivity index (χ3v) is 3.41. The van der Waals surface area contributed by atoms with Crippen molar-refractivity contribution < 1.29 is 38.4 Å². The Balaban J connectivity index is 3.04. The van der Waals surface area contributed by atoms with E-state index >= 15 is 0 Å². The number of aliphatic hydroxyl groups excluding tert-OH is 1. The van der Waals surface area contributed by atoms with E-state index in [1.165, 1.54) is 0 Å². The summed E-state index contributed by atoms with van der Waals surface area (Å²) in [6.45, 7) is 6.37. The molecule has 1 saturated heterocycles. The maximum Gasteiger partial charge on any atom is 0.306 e. The first-order chi connectivity index (χ1) is 10.8. The minimum atomic E-state index is -1.48. The number of carbonyl (C=O) groups excluding carboxylic acids is 3. The van der Waals surface area contributed by atoms with Crippen LogP contribution in [0.4, 0.5) is 0 Å². The van der Waals surface area contributed by atoms with Crippen molar-refractivity contribution in [2.45, 2.75) is 77.7 Å². The summed E-state index contributed by atoms with van der Waals surface area (Å²) >= 11 is 0. The monoisotopic (exact) mass is 332 g/mol. The van der Waals surface area contributed by atoms with Gasteiger partial charge in [-0.25, -0.2) is 0 Å². The quantitative estimate of drug-likeness (QED) is 0.559. The van der Waals surface area contributed by atoms with Gasteiger partial charge in [0.15, 0.2) is 24.6 Å². The molecule has 8 nitrogen and oxygen atoms in total. The zero-order valence-corrected chi connectivity index (χ0v) is 13.8. The van der Waals surface area contributed by atoms with E-state index in [0.29, 0.717) is 0 Å². The van der Waals surface area contributed by atoms with Crippen LogP contribution >= 0.6 is 0 Å². The highest BCUT2D eigenvalue weighted by atomic mass is 16.7. The first-order valence-corrected chi connectivity index (χ1v) is 7.75. The second-order valence-corrected chi connectivity index (χ2v) is 5.16. The maximum atomic E-state index is 11.7. The third-order valence-electron chi connectivity index (χ3n) is 3.41. The average Bonchev–Trinajstić information content (AvgIpc) is 2.53. The number of hydrogen-bond donors (Lipinski definition) is 1.